The van der Waals surface area contributed by atoms with Crippen LogP contribution in [0.15, 0.2) is 11.6 Å². The topological polar surface area (TPSA) is 60.4 Å². The summed E-state index contributed by atoms with van der Waals surface area (Å²) in [5.74, 6) is 2.23. The molecule has 29 heavy (non-hydrogen) atoms. The van der Waals surface area contributed by atoms with E-state index in [1.165, 1.54) is 5.57 Å². The molecule has 4 fully saturated rings. The first-order valence-corrected chi connectivity index (χ1v) is 12.9. The minimum atomic E-state index is -0.894. The van der Waals surface area contributed by atoms with E-state index in [9.17, 15) is 13.8 Å². The second kappa shape index (κ2) is 6.51. The molecule has 4 nitrogen and oxygen atoms in total. The third kappa shape index (κ3) is 2.46. The van der Waals surface area contributed by atoms with Gasteiger partial charge >= 0.3 is 5.97 Å². The first kappa shape index (κ1) is 20.0. The number of carbonyl (C=O) groups is 2. The Hall–Kier alpha value is -0.970. The third-order valence-corrected chi connectivity index (χ3v) is 11.8. The maximum atomic E-state index is 13.3. The molecule has 160 valence electrons. The highest BCUT2D eigenvalue weighted by atomic mass is 32.2. The molecule has 0 N–H and O–H groups in total. The van der Waals surface area contributed by atoms with E-state index in [1.807, 2.05) is 13.0 Å². The van der Waals surface area contributed by atoms with Crippen LogP contribution < -0.4 is 0 Å². The minimum absolute atomic E-state index is 0.0278. The van der Waals surface area contributed by atoms with Crippen LogP contribution in [0, 0.1) is 34.0 Å². The fourth-order valence-electron chi connectivity index (χ4n) is 8.42. The first-order chi connectivity index (χ1) is 13.8. The number of hydrogen-bond acceptors (Lipinski definition) is 4. The van der Waals surface area contributed by atoms with Crippen LogP contribution >= 0.6 is 0 Å². The fraction of sp³-hybridized carbons (Fsp3) is 0.833. The van der Waals surface area contributed by atoms with Crippen molar-refractivity contribution in [3.63, 3.8) is 0 Å². The van der Waals surface area contributed by atoms with Gasteiger partial charge in [-0.05, 0) is 79.6 Å². The van der Waals surface area contributed by atoms with Gasteiger partial charge in [0.25, 0.3) is 0 Å². The lowest BCUT2D eigenvalue weighted by Gasteiger charge is -2.61. The van der Waals surface area contributed by atoms with Gasteiger partial charge in [-0.15, -0.1) is 0 Å². The van der Waals surface area contributed by atoms with Crippen molar-refractivity contribution in [2.75, 3.05) is 12.4 Å². The maximum Gasteiger partial charge on any atom is 0.312 e. The van der Waals surface area contributed by atoms with E-state index in [0.29, 0.717) is 36.5 Å². The van der Waals surface area contributed by atoms with Crippen LogP contribution in [0.25, 0.3) is 0 Å². The molecule has 0 aromatic rings. The molecule has 3 saturated carbocycles. The summed E-state index contributed by atoms with van der Waals surface area (Å²) in [6.07, 6.45) is 9.24. The van der Waals surface area contributed by atoms with Crippen molar-refractivity contribution in [1.29, 1.82) is 0 Å². The van der Waals surface area contributed by atoms with E-state index in [0.717, 1.165) is 44.9 Å². The molecule has 5 rings (SSSR count). The van der Waals surface area contributed by atoms with Crippen molar-refractivity contribution in [3.05, 3.63) is 11.6 Å². The van der Waals surface area contributed by atoms with Gasteiger partial charge < -0.3 is 4.74 Å². The van der Waals surface area contributed by atoms with Gasteiger partial charge in [-0.1, -0.05) is 26.3 Å². The minimum Gasteiger partial charge on any atom is -0.465 e. The smallest absolute Gasteiger partial charge is 0.312 e. The van der Waals surface area contributed by atoms with Crippen LogP contribution in [0.5, 0.6) is 0 Å². The van der Waals surface area contributed by atoms with Crippen LogP contribution in [0.3, 0.4) is 0 Å². The summed E-state index contributed by atoms with van der Waals surface area (Å²) in [7, 11) is -0.894. The molecule has 0 aromatic carbocycles. The molecule has 5 aliphatic rings. The van der Waals surface area contributed by atoms with Crippen molar-refractivity contribution in [2.24, 2.45) is 34.0 Å². The Morgan fingerprint density at radius 3 is 2.55 bits per heavy atom. The molecule has 0 aromatic heterocycles. The number of cyclic esters (lactones) is 1. The van der Waals surface area contributed by atoms with Crippen molar-refractivity contribution < 1.29 is 18.5 Å². The number of fused-ring (bicyclic) bond motifs is 6. The average molecular weight is 419 g/mol. The molecule has 0 amide bonds. The van der Waals surface area contributed by atoms with Crippen molar-refractivity contribution in [1.82, 2.24) is 0 Å². The zero-order valence-corrected chi connectivity index (χ0v) is 18.8. The Balaban J connectivity index is 1.60. The molecule has 1 spiro atoms. The molecule has 8 atom stereocenters. The molecule has 7 unspecified atom stereocenters. The second-order valence-corrected chi connectivity index (χ2v) is 12.7. The van der Waals surface area contributed by atoms with Gasteiger partial charge in [0.15, 0.2) is 5.78 Å². The van der Waals surface area contributed by atoms with Crippen LogP contribution in [0.1, 0.15) is 72.1 Å². The molecular weight excluding hydrogens is 384 g/mol. The predicted octanol–water partition coefficient (Wildman–Crippen LogP) is 4.20. The zero-order valence-electron chi connectivity index (χ0n) is 18.0. The third-order valence-electron chi connectivity index (χ3n) is 10.1. The van der Waals surface area contributed by atoms with Crippen molar-refractivity contribution in [2.45, 2.75) is 77.4 Å². The first-order valence-electron chi connectivity index (χ1n) is 11.5. The van der Waals surface area contributed by atoms with Gasteiger partial charge in [-0.2, -0.15) is 0 Å². The van der Waals surface area contributed by atoms with Crippen LogP contribution in [-0.4, -0.2) is 33.6 Å². The van der Waals surface area contributed by atoms with E-state index >= 15 is 0 Å². The molecule has 0 bridgehead atoms. The van der Waals surface area contributed by atoms with Gasteiger partial charge in [-0.25, -0.2) is 0 Å². The molecule has 1 saturated heterocycles. The largest absolute Gasteiger partial charge is 0.465 e. The summed E-state index contributed by atoms with van der Waals surface area (Å²) in [6.45, 7) is 7.29. The molecular formula is C24H34O4S. The lowest BCUT2D eigenvalue weighted by molar-refractivity contribution is -0.156. The highest BCUT2D eigenvalue weighted by Crippen LogP contribution is 2.72. The monoisotopic (exact) mass is 418 g/mol. The molecule has 1 heterocycles. The second-order valence-electron chi connectivity index (χ2n) is 10.7. The summed E-state index contributed by atoms with van der Waals surface area (Å²) in [4.78, 5) is 25.1. The normalized spacial score (nSPS) is 49.8. The SMILES string of the molecule is CCS(=O)C1CC2=CC(=O)CCC2(C)C2CCC3(C)C(CC[C@]34CCOC4=O)C12. The number of allylic oxidation sites excluding steroid dienone is 1. The standard InChI is InChI=1S/C24H34O4S/c1-4-29(27)19-14-15-13-16(25)5-8-22(15,2)17-6-9-23(3)18(20(17)19)7-10-24(23)11-12-28-21(24)26/h13,17-20H,4-12,14H2,1-3H3/t17?,18?,19?,20?,22?,23?,24-,29?/m1/s1. The highest BCUT2D eigenvalue weighted by Gasteiger charge is 2.69. The Bertz CT molecular complexity index is 818. The Kier molecular flexibility index (Phi) is 4.48. The number of esters is 1. The summed E-state index contributed by atoms with van der Waals surface area (Å²) in [5.41, 5.74) is 0.958. The molecule has 5 heteroatoms. The van der Waals surface area contributed by atoms with E-state index in [2.05, 4.69) is 13.8 Å². The molecule has 4 aliphatic carbocycles. The number of rotatable bonds is 2. The van der Waals surface area contributed by atoms with Crippen LogP contribution in [-0.2, 0) is 25.1 Å². The number of carbonyl (C=O) groups excluding carboxylic acids is 2. The maximum absolute atomic E-state index is 13.3. The Morgan fingerprint density at radius 1 is 1.10 bits per heavy atom. The fourth-order valence-corrected chi connectivity index (χ4v) is 9.95. The highest BCUT2D eigenvalue weighted by molar-refractivity contribution is 7.85. The van der Waals surface area contributed by atoms with E-state index in [-0.39, 0.29) is 33.2 Å². The summed E-state index contributed by atoms with van der Waals surface area (Å²) in [5, 5.41) is 0.118. The molecule has 1 aliphatic heterocycles. The summed E-state index contributed by atoms with van der Waals surface area (Å²) >= 11 is 0. The summed E-state index contributed by atoms with van der Waals surface area (Å²) < 4.78 is 18.8. The number of hydrogen-bond donors (Lipinski definition) is 0. The zero-order chi connectivity index (χ0) is 20.6. The molecule has 0 radical (unpaired) electrons. The van der Waals surface area contributed by atoms with Gasteiger partial charge in [0.05, 0.1) is 12.0 Å². The predicted molar refractivity (Wildman–Crippen MR) is 113 cm³/mol. The average Bonchev–Trinajstić information content (AvgIpc) is 3.22. The van der Waals surface area contributed by atoms with E-state index < -0.39 is 10.8 Å². The van der Waals surface area contributed by atoms with Crippen LogP contribution in [0.4, 0.5) is 0 Å². The van der Waals surface area contributed by atoms with Crippen LogP contribution in [0.2, 0.25) is 0 Å². The van der Waals surface area contributed by atoms with E-state index in [4.69, 9.17) is 4.74 Å². The lowest BCUT2D eigenvalue weighted by Crippen LogP contribution is -2.58. The van der Waals surface area contributed by atoms with Gasteiger partial charge in [0, 0.05) is 28.2 Å². The van der Waals surface area contributed by atoms with Gasteiger partial charge in [0.2, 0.25) is 0 Å². The summed E-state index contributed by atoms with van der Waals surface area (Å²) in [6, 6.07) is 0. The van der Waals surface area contributed by atoms with Gasteiger partial charge in [-0.3, -0.25) is 13.8 Å². The number of ketones is 1. The van der Waals surface area contributed by atoms with Crippen molar-refractivity contribution >= 4 is 22.6 Å². The van der Waals surface area contributed by atoms with Crippen molar-refractivity contribution in [3.8, 4) is 0 Å². The Labute approximate surface area is 176 Å². The number of ether oxygens (including phenoxy) is 1. The quantitative estimate of drug-likeness (QED) is 0.631. The Morgan fingerprint density at radius 2 is 1.86 bits per heavy atom. The van der Waals surface area contributed by atoms with Gasteiger partial charge in [0.1, 0.15) is 0 Å². The lowest BCUT2D eigenvalue weighted by atomic mass is 9.45. The van der Waals surface area contributed by atoms with E-state index in [1.54, 1.807) is 0 Å².